The minimum atomic E-state index is -0.464. The van der Waals surface area contributed by atoms with Crippen LogP contribution in [0.15, 0.2) is 66.7 Å². The molecule has 0 fully saturated rings. The molecule has 0 unspecified atom stereocenters. The van der Waals surface area contributed by atoms with Crippen LogP contribution < -0.4 is 14.2 Å². The van der Waals surface area contributed by atoms with Crippen molar-refractivity contribution in [1.82, 2.24) is 0 Å². The lowest BCUT2D eigenvalue weighted by molar-refractivity contribution is -0.131. The van der Waals surface area contributed by atoms with Crippen LogP contribution >= 0.6 is 0 Å². The van der Waals surface area contributed by atoms with Gasteiger partial charge < -0.3 is 14.2 Å². The Labute approximate surface area is 200 Å². The molecular weight excluding hydrogens is 428 g/mol. The van der Waals surface area contributed by atoms with Crippen molar-refractivity contribution in [2.75, 3.05) is 6.61 Å². The average Bonchev–Trinajstić information content (AvgIpc) is 3.23. The molecule has 4 rings (SSSR count). The van der Waals surface area contributed by atoms with Crippen LogP contribution in [0.2, 0.25) is 0 Å². The predicted molar refractivity (Wildman–Crippen MR) is 131 cm³/mol. The molecule has 176 valence electrons. The van der Waals surface area contributed by atoms with E-state index in [4.69, 9.17) is 14.2 Å². The molecule has 1 aliphatic heterocycles. The Kier molecular flexibility index (Phi) is 7.97. The zero-order chi connectivity index (χ0) is 23.8. The van der Waals surface area contributed by atoms with Crippen molar-refractivity contribution in [3.63, 3.8) is 0 Å². The maximum atomic E-state index is 12.5. The first-order chi connectivity index (χ1) is 16.6. The smallest absolute Gasteiger partial charge is 0.343 e. The fourth-order valence-corrected chi connectivity index (χ4v) is 3.93. The highest BCUT2D eigenvalue weighted by Gasteiger charge is 2.21. The molecule has 0 N–H and O–H groups in total. The van der Waals surface area contributed by atoms with E-state index in [-0.39, 0.29) is 12.4 Å². The third-order valence-corrected chi connectivity index (χ3v) is 5.88. The molecule has 0 amide bonds. The maximum Gasteiger partial charge on any atom is 0.343 e. The molecule has 1 aliphatic rings. The van der Waals surface area contributed by atoms with Crippen LogP contribution in [-0.4, -0.2) is 18.5 Å². The second-order valence-electron chi connectivity index (χ2n) is 8.53. The first-order valence-corrected chi connectivity index (χ1v) is 12.0. The molecule has 3 aromatic rings. The Hall–Kier alpha value is -3.60. The number of unbranched alkanes of at least 4 members (excludes halogenated alkanes) is 5. The second kappa shape index (κ2) is 11.5. The van der Waals surface area contributed by atoms with Crippen LogP contribution in [0.1, 0.15) is 61.4 Å². The van der Waals surface area contributed by atoms with Gasteiger partial charge in [-0.2, -0.15) is 0 Å². The molecule has 0 saturated heterocycles. The zero-order valence-corrected chi connectivity index (χ0v) is 19.5. The van der Waals surface area contributed by atoms with Crippen LogP contribution in [0.5, 0.6) is 17.2 Å². The number of fused-ring (bicyclic) bond motifs is 1. The summed E-state index contributed by atoms with van der Waals surface area (Å²) < 4.78 is 16.4. The molecule has 0 radical (unpaired) electrons. The van der Waals surface area contributed by atoms with Crippen molar-refractivity contribution in [2.24, 2.45) is 0 Å². The largest absolute Gasteiger partial charge is 0.494 e. The van der Waals surface area contributed by atoms with E-state index in [2.05, 4.69) is 6.92 Å². The van der Waals surface area contributed by atoms with E-state index in [1.165, 1.54) is 32.1 Å². The quantitative estimate of drug-likeness (QED) is 0.180. The third-order valence-electron chi connectivity index (χ3n) is 5.88. The van der Waals surface area contributed by atoms with Crippen molar-refractivity contribution in [3.8, 4) is 28.4 Å². The van der Waals surface area contributed by atoms with E-state index >= 15 is 0 Å². The van der Waals surface area contributed by atoms with Gasteiger partial charge in [0.15, 0.2) is 0 Å². The Balaban J connectivity index is 1.28. The average molecular weight is 459 g/mol. The van der Waals surface area contributed by atoms with E-state index in [0.29, 0.717) is 17.1 Å². The first kappa shape index (κ1) is 23.6. The molecule has 3 aromatic carbocycles. The van der Waals surface area contributed by atoms with Crippen molar-refractivity contribution >= 4 is 11.9 Å². The summed E-state index contributed by atoms with van der Waals surface area (Å²) in [5.41, 5.74) is 3.30. The van der Waals surface area contributed by atoms with Gasteiger partial charge in [-0.3, -0.25) is 4.79 Å². The zero-order valence-electron chi connectivity index (χ0n) is 19.5. The van der Waals surface area contributed by atoms with Gasteiger partial charge >= 0.3 is 11.9 Å². The van der Waals surface area contributed by atoms with Crippen LogP contribution in [0, 0.1) is 0 Å². The summed E-state index contributed by atoms with van der Waals surface area (Å²) in [6.07, 6.45) is 7.72. The number of benzene rings is 3. The van der Waals surface area contributed by atoms with E-state index in [1.54, 1.807) is 30.3 Å². The molecule has 0 bridgehead atoms. The number of hydrogen-bond donors (Lipinski definition) is 0. The SMILES string of the molecule is CCCCCCCCOc1ccc(-c2ccc(C(=O)Oc3ccc4c(c3)OC(=O)C4)cc2)cc1. The van der Waals surface area contributed by atoms with Gasteiger partial charge in [0.05, 0.1) is 18.6 Å². The van der Waals surface area contributed by atoms with Crippen LogP contribution in [0.3, 0.4) is 0 Å². The lowest BCUT2D eigenvalue weighted by atomic mass is 10.0. The van der Waals surface area contributed by atoms with E-state index in [1.807, 2.05) is 36.4 Å². The highest BCUT2D eigenvalue weighted by molar-refractivity contribution is 5.92. The van der Waals surface area contributed by atoms with Gasteiger partial charge in [-0.15, -0.1) is 0 Å². The summed E-state index contributed by atoms with van der Waals surface area (Å²) in [7, 11) is 0. The van der Waals surface area contributed by atoms with E-state index in [9.17, 15) is 9.59 Å². The Morgan fingerprint density at radius 3 is 2.21 bits per heavy atom. The molecular formula is C29H30O5. The van der Waals surface area contributed by atoms with Crippen LogP contribution in [-0.2, 0) is 11.2 Å². The molecule has 0 spiro atoms. The van der Waals surface area contributed by atoms with Gasteiger partial charge in [0, 0.05) is 11.6 Å². The standard InChI is InChI=1S/C29H30O5/c1-2-3-4-5-6-7-18-32-25-15-12-22(13-16-25)21-8-10-23(11-9-21)29(31)33-26-17-14-24-19-28(30)34-27(24)20-26/h8-17,20H,2-7,18-19H2,1H3. The highest BCUT2D eigenvalue weighted by Crippen LogP contribution is 2.30. The molecule has 5 nitrogen and oxygen atoms in total. The molecule has 34 heavy (non-hydrogen) atoms. The van der Waals surface area contributed by atoms with Crippen molar-refractivity contribution in [1.29, 1.82) is 0 Å². The van der Waals surface area contributed by atoms with Gasteiger partial charge in [0.25, 0.3) is 0 Å². The molecule has 0 atom stereocenters. The fraction of sp³-hybridized carbons (Fsp3) is 0.310. The lowest BCUT2D eigenvalue weighted by Crippen LogP contribution is -2.08. The minimum absolute atomic E-state index is 0.247. The number of hydrogen-bond acceptors (Lipinski definition) is 5. The Morgan fingerprint density at radius 1 is 0.824 bits per heavy atom. The summed E-state index contributed by atoms with van der Waals surface area (Å²) in [4.78, 5) is 23.9. The number of esters is 2. The molecule has 1 heterocycles. The summed E-state index contributed by atoms with van der Waals surface area (Å²) in [5, 5.41) is 0. The number of carbonyl (C=O) groups is 2. The van der Waals surface area contributed by atoms with Crippen molar-refractivity contribution in [2.45, 2.75) is 51.9 Å². The third kappa shape index (κ3) is 6.25. The van der Waals surface area contributed by atoms with Crippen LogP contribution in [0.4, 0.5) is 0 Å². The second-order valence-corrected chi connectivity index (χ2v) is 8.53. The highest BCUT2D eigenvalue weighted by atomic mass is 16.5. The van der Waals surface area contributed by atoms with Gasteiger partial charge in [-0.1, -0.05) is 69.4 Å². The van der Waals surface area contributed by atoms with E-state index < -0.39 is 5.97 Å². The summed E-state index contributed by atoms with van der Waals surface area (Å²) >= 11 is 0. The van der Waals surface area contributed by atoms with E-state index in [0.717, 1.165) is 35.5 Å². The fourth-order valence-electron chi connectivity index (χ4n) is 3.93. The maximum absolute atomic E-state index is 12.5. The molecule has 5 heteroatoms. The Morgan fingerprint density at radius 2 is 1.47 bits per heavy atom. The van der Waals surface area contributed by atoms with Gasteiger partial charge in [0.2, 0.25) is 0 Å². The van der Waals surface area contributed by atoms with Gasteiger partial charge in [-0.25, -0.2) is 4.79 Å². The van der Waals surface area contributed by atoms with Crippen LogP contribution in [0.25, 0.3) is 11.1 Å². The lowest BCUT2D eigenvalue weighted by Gasteiger charge is -2.09. The molecule has 0 aromatic heterocycles. The van der Waals surface area contributed by atoms with Gasteiger partial charge in [-0.05, 0) is 47.9 Å². The van der Waals surface area contributed by atoms with Gasteiger partial charge in [0.1, 0.15) is 17.2 Å². The summed E-state index contributed by atoms with van der Waals surface area (Å²) in [5.74, 6) is 0.905. The molecule has 0 saturated carbocycles. The number of ether oxygens (including phenoxy) is 3. The summed E-state index contributed by atoms with van der Waals surface area (Å²) in [6.45, 7) is 2.97. The number of rotatable bonds is 11. The van der Waals surface area contributed by atoms with Crippen molar-refractivity contribution in [3.05, 3.63) is 77.9 Å². The minimum Gasteiger partial charge on any atom is -0.494 e. The first-order valence-electron chi connectivity index (χ1n) is 12.0. The van der Waals surface area contributed by atoms with Crippen molar-refractivity contribution < 1.29 is 23.8 Å². The predicted octanol–water partition coefficient (Wildman–Crippen LogP) is 6.77. The monoisotopic (exact) mass is 458 g/mol. The Bertz CT molecular complexity index is 1120. The normalized spacial score (nSPS) is 12.2. The topological polar surface area (TPSA) is 61.8 Å². The number of carbonyl (C=O) groups excluding carboxylic acids is 2. The summed E-state index contributed by atoms with van der Waals surface area (Å²) in [6, 6.07) is 20.3. The molecule has 0 aliphatic carbocycles.